The van der Waals surface area contributed by atoms with E-state index in [1.165, 1.54) is 4.90 Å². The fourth-order valence-corrected chi connectivity index (χ4v) is 2.95. The van der Waals surface area contributed by atoms with Gasteiger partial charge in [-0.1, -0.05) is 13.8 Å². The largest absolute Gasteiger partial charge is 0.479 e. The maximum absolute atomic E-state index is 11.7. The van der Waals surface area contributed by atoms with E-state index in [0.29, 0.717) is 25.8 Å². The van der Waals surface area contributed by atoms with Gasteiger partial charge in [-0.3, -0.25) is 4.79 Å². The highest BCUT2D eigenvalue weighted by atomic mass is 16.4. The van der Waals surface area contributed by atoms with Gasteiger partial charge in [0.15, 0.2) is 0 Å². The smallest absolute Gasteiger partial charge is 0.329 e. The van der Waals surface area contributed by atoms with E-state index < -0.39 is 11.5 Å². The van der Waals surface area contributed by atoms with Crippen LogP contribution in [-0.4, -0.2) is 59.0 Å². The first-order valence-corrected chi connectivity index (χ1v) is 7.28. The Balaban J connectivity index is 2.87. The summed E-state index contributed by atoms with van der Waals surface area (Å²) >= 11 is 0. The van der Waals surface area contributed by atoms with Crippen LogP contribution in [0.25, 0.3) is 0 Å². The molecule has 0 radical (unpaired) electrons. The van der Waals surface area contributed by atoms with Gasteiger partial charge in [0, 0.05) is 13.1 Å². The van der Waals surface area contributed by atoms with E-state index in [1.54, 1.807) is 0 Å². The molecule has 1 rings (SSSR count). The molecule has 1 saturated heterocycles. The van der Waals surface area contributed by atoms with Crippen LogP contribution in [0.1, 0.15) is 46.0 Å². The van der Waals surface area contributed by atoms with Crippen LogP contribution in [0, 0.1) is 0 Å². The van der Waals surface area contributed by atoms with E-state index in [0.717, 1.165) is 38.9 Å². The van der Waals surface area contributed by atoms with Crippen molar-refractivity contribution in [3.05, 3.63) is 0 Å². The van der Waals surface area contributed by atoms with Crippen LogP contribution < -0.4 is 0 Å². The molecule has 19 heavy (non-hydrogen) atoms. The van der Waals surface area contributed by atoms with E-state index in [-0.39, 0.29) is 0 Å². The van der Waals surface area contributed by atoms with E-state index in [2.05, 4.69) is 11.8 Å². The lowest BCUT2D eigenvalue weighted by Gasteiger charge is -2.37. The molecule has 1 heterocycles. The van der Waals surface area contributed by atoms with Crippen LogP contribution in [0.5, 0.6) is 0 Å². The molecule has 1 atom stereocenters. The summed E-state index contributed by atoms with van der Waals surface area (Å²) < 4.78 is 0. The van der Waals surface area contributed by atoms with Crippen molar-refractivity contribution < 1.29 is 14.7 Å². The second-order valence-corrected chi connectivity index (χ2v) is 5.33. The van der Waals surface area contributed by atoms with Crippen molar-refractivity contribution in [3.63, 3.8) is 0 Å². The number of likely N-dealkylation sites (tertiary alicyclic amines) is 1. The van der Waals surface area contributed by atoms with Crippen LogP contribution in [0.15, 0.2) is 0 Å². The molecule has 5 heteroatoms. The van der Waals surface area contributed by atoms with Crippen molar-refractivity contribution >= 4 is 12.4 Å². The highest BCUT2D eigenvalue weighted by molar-refractivity contribution is 5.81. The van der Waals surface area contributed by atoms with Gasteiger partial charge in [-0.15, -0.1) is 0 Å². The SMILES string of the molecule is CCCN1CCCC(C(=O)O)(N(C=O)CCC)CC1. The second kappa shape index (κ2) is 7.48. The van der Waals surface area contributed by atoms with Crippen LogP contribution in [0.4, 0.5) is 0 Å². The number of carboxylic acid groups (broad SMARTS) is 1. The van der Waals surface area contributed by atoms with Gasteiger partial charge < -0.3 is 14.9 Å². The van der Waals surface area contributed by atoms with Crippen LogP contribution in [-0.2, 0) is 9.59 Å². The Morgan fingerprint density at radius 3 is 2.58 bits per heavy atom. The minimum atomic E-state index is -1.000. The van der Waals surface area contributed by atoms with Gasteiger partial charge in [0.2, 0.25) is 6.41 Å². The monoisotopic (exact) mass is 270 g/mol. The van der Waals surface area contributed by atoms with Gasteiger partial charge in [-0.2, -0.15) is 0 Å². The third kappa shape index (κ3) is 3.69. The van der Waals surface area contributed by atoms with Crippen molar-refractivity contribution in [2.24, 2.45) is 0 Å². The number of amides is 1. The molecule has 5 nitrogen and oxygen atoms in total. The highest BCUT2D eigenvalue weighted by Gasteiger charge is 2.44. The molecule has 0 aromatic carbocycles. The molecule has 1 unspecified atom stereocenters. The summed E-state index contributed by atoms with van der Waals surface area (Å²) in [7, 11) is 0. The van der Waals surface area contributed by atoms with Gasteiger partial charge in [0.1, 0.15) is 5.54 Å². The number of hydrogen-bond donors (Lipinski definition) is 1. The molecule has 0 aromatic heterocycles. The predicted octanol–water partition coefficient (Wildman–Crippen LogP) is 1.57. The number of carboxylic acids is 1. The molecule has 1 N–H and O–H groups in total. The molecule has 0 bridgehead atoms. The molecule has 0 aromatic rings. The summed E-state index contributed by atoms with van der Waals surface area (Å²) in [6.45, 7) is 7.31. The molecule has 1 fully saturated rings. The first-order chi connectivity index (χ1) is 9.10. The number of hydrogen-bond acceptors (Lipinski definition) is 3. The Morgan fingerprint density at radius 1 is 1.32 bits per heavy atom. The first kappa shape index (κ1) is 16.0. The Hall–Kier alpha value is -1.10. The van der Waals surface area contributed by atoms with Crippen molar-refractivity contribution in [2.45, 2.75) is 51.5 Å². The van der Waals surface area contributed by atoms with Crippen molar-refractivity contribution in [3.8, 4) is 0 Å². The van der Waals surface area contributed by atoms with E-state index in [1.807, 2.05) is 6.92 Å². The molecule has 0 saturated carbocycles. The van der Waals surface area contributed by atoms with Gasteiger partial charge in [0.05, 0.1) is 0 Å². The van der Waals surface area contributed by atoms with Gasteiger partial charge in [-0.05, 0) is 45.2 Å². The predicted molar refractivity (Wildman–Crippen MR) is 74.0 cm³/mol. The number of carbonyl (C=O) groups excluding carboxylic acids is 1. The lowest BCUT2D eigenvalue weighted by atomic mass is 9.88. The molecular weight excluding hydrogens is 244 g/mol. The molecule has 1 aliphatic heterocycles. The lowest BCUT2D eigenvalue weighted by Crippen LogP contribution is -2.55. The Kier molecular flexibility index (Phi) is 6.28. The zero-order valence-electron chi connectivity index (χ0n) is 12.1. The molecule has 0 aliphatic carbocycles. The van der Waals surface area contributed by atoms with Crippen LogP contribution in [0.3, 0.4) is 0 Å². The average Bonchev–Trinajstić information content (AvgIpc) is 2.60. The van der Waals surface area contributed by atoms with E-state index in [9.17, 15) is 14.7 Å². The third-order valence-electron chi connectivity index (χ3n) is 3.99. The van der Waals surface area contributed by atoms with E-state index in [4.69, 9.17) is 0 Å². The number of carbonyl (C=O) groups is 2. The third-order valence-corrected chi connectivity index (χ3v) is 3.99. The Morgan fingerprint density at radius 2 is 2.05 bits per heavy atom. The van der Waals surface area contributed by atoms with Gasteiger partial charge in [0.25, 0.3) is 0 Å². The minimum Gasteiger partial charge on any atom is -0.479 e. The average molecular weight is 270 g/mol. The normalized spacial score (nSPS) is 24.7. The Labute approximate surface area is 115 Å². The summed E-state index contributed by atoms with van der Waals surface area (Å²) in [5, 5.41) is 9.64. The summed E-state index contributed by atoms with van der Waals surface area (Å²) in [4.78, 5) is 26.8. The van der Waals surface area contributed by atoms with Gasteiger partial charge >= 0.3 is 5.97 Å². The maximum atomic E-state index is 11.7. The first-order valence-electron chi connectivity index (χ1n) is 7.28. The summed E-state index contributed by atoms with van der Waals surface area (Å²) in [6, 6.07) is 0. The zero-order chi connectivity index (χ0) is 14.3. The maximum Gasteiger partial charge on any atom is 0.329 e. The number of rotatable bonds is 7. The standard InChI is InChI=1S/C14H26N2O3/c1-3-8-15-10-5-6-14(7-11-15,13(18)19)16(12-17)9-4-2/h12H,3-11H2,1-2H3,(H,18,19). The molecule has 110 valence electrons. The van der Waals surface area contributed by atoms with Crippen molar-refractivity contribution in [1.82, 2.24) is 9.80 Å². The zero-order valence-corrected chi connectivity index (χ0v) is 12.1. The molecule has 1 aliphatic rings. The Bertz CT molecular complexity index is 309. The van der Waals surface area contributed by atoms with Gasteiger partial charge in [-0.25, -0.2) is 4.79 Å². The highest BCUT2D eigenvalue weighted by Crippen LogP contribution is 2.29. The quantitative estimate of drug-likeness (QED) is 0.713. The lowest BCUT2D eigenvalue weighted by molar-refractivity contribution is -0.156. The number of nitrogens with zero attached hydrogens (tertiary/aromatic N) is 2. The molecular formula is C14H26N2O3. The summed E-state index contributed by atoms with van der Waals surface area (Å²) in [5.74, 6) is -0.855. The number of aliphatic carboxylic acids is 1. The second-order valence-electron chi connectivity index (χ2n) is 5.33. The van der Waals surface area contributed by atoms with Crippen molar-refractivity contribution in [1.29, 1.82) is 0 Å². The van der Waals surface area contributed by atoms with Crippen molar-refractivity contribution in [2.75, 3.05) is 26.2 Å². The van der Waals surface area contributed by atoms with E-state index >= 15 is 0 Å². The molecule has 0 spiro atoms. The topological polar surface area (TPSA) is 60.9 Å². The fourth-order valence-electron chi connectivity index (χ4n) is 2.95. The fraction of sp³-hybridized carbons (Fsp3) is 0.857. The summed E-state index contributed by atoms with van der Waals surface area (Å²) in [6.07, 6.45) is 4.49. The minimum absolute atomic E-state index is 0.517. The summed E-state index contributed by atoms with van der Waals surface area (Å²) in [5.41, 5.74) is -1.000. The molecule has 1 amide bonds. The van der Waals surface area contributed by atoms with Crippen LogP contribution in [0.2, 0.25) is 0 Å². The van der Waals surface area contributed by atoms with Crippen LogP contribution >= 0.6 is 0 Å².